The highest BCUT2D eigenvalue weighted by molar-refractivity contribution is 5.96. The van der Waals surface area contributed by atoms with Crippen LogP contribution < -0.4 is 0 Å². The van der Waals surface area contributed by atoms with Gasteiger partial charge in [-0.1, -0.05) is 16.6 Å². The van der Waals surface area contributed by atoms with E-state index in [1.807, 2.05) is 20.8 Å². The fraction of sp³-hybridized carbons (Fsp3) is 0.364. The smallest absolute Gasteiger partial charge is 0.114 e. The highest BCUT2D eigenvalue weighted by Crippen LogP contribution is 1.94. The molecule has 0 radical (unpaired) electrons. The van der Waals surface area contributed by atoms with Gasteiger partial charge >= 0.3 is 0 Å². The Morgan fingerprint density at radius 2 is 2.08 bits per heavy atom. The van der Waals surface area contributed by atoms with Crippen LogP contribution in [0.15, 0.2) is 40.2 Å². The highest BCUT2D eigenvalue weighted by atomic mass is 16.6. The lowest BCUT2D eigenvalue weighted by Gasteiger charge is -1.95. The molecule has 0 saturated carbocycles. The van der Waals surface area contributed by atoms with Crippen molar-refractivity contribution in [3.63, 3.8) is 0 Å². The summed E-state index contributed by atoms with van der Waals surface area (Å²) in [7, 11) is 0. The van der Waals surface area contributed by atoms with Gasteiger partial charge in [0.05, 0.1) is 5.71 Å². The largest absolute Gasteiger partial charge is 0.396 e. The molecule has 0 aromatic heterocycles. The third-order valence-corrected chi connectivity index (χ3v) is 1.27. The first-order valence-electron chi connectivity index (χ1n) is 4.01. The van der Waals surface area contributed by atoms with Crippen molar-refractivity contribution in [1.82, 2.24) is 0 Å². The monoisotopic (exact) mass is 175 g/mol. The van der Waals surface area contributed by atoms with Crippen molar-refractivity contribution in [3.05, 3.63) is 35.1 Å². The van der Waals surface area contributed by atoms with E-state index in [0.29, 0.717) is 6.61 Å². The number of nitrogens with zero attached hydrogens (tertiary/aromatic N) is 1. The zero-order valence-electron chi connectivity index (χ0n) is 8.27. The fourth-order valence-electron chi connectivity index (χ4n) is 0.489. The molecule has 0 spiro atoms. The summed E-state index contributed by atoms with van der Waals surface area (Å²) in [6, 6.07) is 0. The molecule has 68 valence electrons. The molecule has 2 nitrogen and oxygen atoms in total. The molecular weight excluding hydrogens is 162 g/mol. The van der Waals surface area contributed by atoms with Crippen molar-refractivity contribution < 1.29 is 4.84 Å². The van der Waals surface area contributed by atoms with Gasteiger partial charge in [-0.2, -0.15) is 0 Å². The van der Waals surface area contributed by atoms with E-state index in [2.05, 4.69) is 34.7 Å². The van der Waals surface area contributed by atoms with Gasteiger partial charge in [-0.25, -0.2) is 0 Å². The SMILES string of the molecule is C=C=C=C=C=C(C)/C(C)=N/OCC. The second kappa shape index (κ2) is 7.00. The normalized spacial score (nSPS) is 9.00. The Labute approximate surface area is 78.9 Å². The van der Waals surface area contributed by atoms with Gasteiger partial charge in [0.25, 0.3) is 0 Å². The van der Waals surface area contributed by atoms with Crippen molar-refractivity contribution in [2.75, 3.05) is 6.61 Å². The van der Waals surface area contributed by atoms with Crippen LogP contribution in [0.1, 0.15) is 20.8 Å². The molecule has 0 fully saturated rings. The highest BCUT2D eigenvalue weighted by Gasteiger charge is 1.92. The van der Waals surface area contributed by atoms with Gasteiger partial charge in [-0.3, -0.25) is 0 Å². The summed E-state index contributed by atoms with van der Waals surface area (Å²) in [6.45, 7) is 9.51. The lowest BCUT2D eigenvalue weighted by atomic mass is 10.2. The molecule has 0 bridgehead atoms. The van der Waals surface area contributed by atoms with Crippen LogP contribution in [-0.2, 0) is 4.84 Å². The van der Waals surface area contributed by atoms with Crippen LogP contribution in [0, 0.1) is 0 Å². The van der Waals surface area contributed by atoms with Gasteiger partial charge in [-0.15, -0.1) is 0 Å². The van der Waals surface area contributed by atoms with Crippen LogP contribution in [0.5, 0.6) is 0 Å². The van der Waals surface area contributed by atoms with Crippen molar-refractivity contribution in [2.24, 2.45) is 5.16 Å². The maximum absolute atomic E-state index is 4.87. The lowest BCUT2D eigenvalue weighted by molar-refractivity contribution is 0.159. The first-order chi connectivity index (χ1) is 6.22. The van der Waals surface area contributed by atoms with Gasteiger partial charge < -0.3 is 4.84 Å². The van der Waals surface area contributed by atoms with Crippen molar-refractivity contribution in [3.8, 4) is 0 Å². The molecule has 0 heterocycles. The molecule has 0 unspecified atom stereocenters. The average Bonchev–Trinajstić information content (AvgIpc) is 2.14. The molecule has 2 heteroatoms. The molecule has 0 aliphatic heterocycles. The molecular formula is C11H13NO. The Morgan fingerprint density at radius 1 is 1.38 bits per heavy atom. The van der Waals surface area contributed by atoms with E-state index in [4.69, 9.17) is 4.84 Å². The second-order valence-corrected chi connectivity index (χ2v) is 2.27. The zero-order chi connectivity index (χ0) is 10.1. The number of rotatable bonds is 3. The molecule has 0 saturated heterocycles. The summed E-state index contributed by atoms with van der Waals surface area (Å²) < 4.78 is 0. The van der Waals surface area contributed by atoms with E-state index in [1.54, 1.807) is 0 Å². The second-order valence-electron chi connectivity index (χ2n) is 2.27. The predicted octanol–water partition coefficient (Wildman–Crippen LogP) is 2.60. The van der Waals surface area contributed by atoms with Crippen LogP contribution in [-0.4, -0.2) is 12.3 Å². The Balaban J connectivity index is 4.79. The van der Waals surface area contributed by atoms with Crippen LogP contribution in [0.3, 0.4) is 0 Å². The third-order valence-electron chi connectivity index (χ3n) is 1.27. The van der Waals surface area contributed by atoms with Gasteiger partial charge in [0, 0.05) is 5.57 Å². The van der Waals surface area contributed by atoms with Crippen molar-refractivity contribution >= 4 is 5.71 Å². The molecule has 0 amide bonds. The predicted molar refractivity (Wildman–Crippen MR) is 53.6 cm³/mol. The minimum atomic E-state index is 0.566. The topological polar surface area (TPSA) is 21.6 Å². The van der Waals surface area contributed by atoms with Crippen LogP contribution >= 0.6 is 0 Å². The van der Waals surface area contributed by atoms with Gasteiger partial charge in [-0.05, 0) is 38.8 Å². The van der Waals surface area contributed by atoms with Crippen molar-refractivity contribution in [2.45, 2.75) is 20.8 Å². The summed E-state index contributed by atoms with van der Waals surface area (Å²) in [4.78, 5) is 4.87. The standard InChI is InChI=1S/C11H13NO/c1-5-7-8-9-10(3)11(4)12-13-6-2/h1,6H2,2-4H3/b12-11+. The average molecular weight is 175 g/mol. The summed E-state index contributed by atoms with van der Waals surface area (Å²) in [6.07, 6.45) is 0. The Bertz CT molecular complexity index is 340. The van der Waals surface area contributed by atoms with E-state index in [-0.39, 0.29) is 0 Å². The minimum absolute atomic E-state index is 0.566. The van der Waals surface area contributed by atoms with E-state index in [0.717, 1.165) is 11.3 Å². The van der Waals surface area contributed by atoms with Gasteiger partial charge in [0.2, 0.25) is 0 Å². The van der Waals surface area contributed by atoms with E-state index >= 15 is 0 Å². The fourth-order valence-corrected chi connectivity index (χ4v) is 0.489. The molecule has 0 rings (SSSR count). The third kappa shape index (κ3) is 5.58. The van der Waals surface area contributed by atoms with Gasteiger partial charge in [0.1, 0.15) is 6.61 Å². The summed E-state index contributed by atoms with van der Waals surface area (Å²) >= 11 is 0. The first kappa shape index (κ1) is 11.3. The molecule has 0 aromatic rings. The van der Waals surface area contributed by atoms with Crippen LogP contribution in [0.2, 0.25) is 0 Å². The van der Waals surface area contributed by atoms with E-state index in [9.17, 15) is 0 Å². The Kier molecular flexibility index (Phi) is 6.11. The number of oxime groups is 1. The molecule has 0 aliphatic carbocycles. The molecule has 0 N–H and O–H groups in total. The molecule has 0 atom stereocenters. The maximum atomic E-state index is 4.87. The molecule has 13 heavy (non-hydrogen) atoms. The van der Waals surface area contributed by atoms with E-state index < -0.39 is 0 Å². The number of hydrogen-bond acceptors (Lipinski definition) is 2. The minimum Gasteiger partial charge on any atom is -0.396 e. The maximum Gasteiger partial charge on any atom is 0.114 e. The number of allylic oxidation sites excluding steroid dienone is 1. The zero-order valence-corrected chi connectivity index (χ0v) is 8.27. The lowest BCUT2D eigenvalue weighted by Crippen LogP contribution is -1.93. The first-order valence-corrected chi connectivity index (χ1v) is 4.01. The summed E-state index contributed by atoms with van der Waals surface area (Å²) in [5.74, 6) is 0. The molecule has 0 aliphatic rings. The Morgan fingerprint density at radius 3 is 2.62 bits per heavy atom. The quantitative estimate of drug-likeness (QED) is 0.367. The Hall–Kier alpha value is -1.67. The van der Waals surface area contributed by atoms with E-state index in [1.165, 1.54) is 0 Å². The van der Waals surface area contributed by atoms with Crippen LogP contribution in [0.25, 0.3) is 0 Å². The van der Waals surface area contributed by atoms with Crippen molar-refractivity contribution in [1.29, 1.82) is 0 Å². The number of hydrogen-bond donors (Lipinski definition) is 0. The van der Waals surface area contributed by atoms with Gasteiger partial charge in [0.15, 0.2) is 0 Å². The summed E-state index contributed by atoms with van der Waals surface area (Å²) in [5, 5.41) is 3.83. The summed E-state index contributed by atoms with van der Waals surface area (Å²) in [5.41, 5.74) is 12.1. The molecule has 0 aromatic carbocycles. The van der Waals surface area contributed by atoms with Crippen LogP contribution in [0.4, 0.5) is 0 Å².